The lowest BCUT2D eigenvalue weighted by Gasteiger charge is -2.03. The van der Waals surface area contributed by atoms with Gasteiger partial charge in [0, 0.05) is 28.4 Å². The van der Waals surface area contributed by atoms with Crippen LogP contribution in [0.15, 0.2) is 60.1 Å². The van der Waals surface area contributed by atoms with Gasteiger partial charge in [-0.3, -0.25) is 4.79 Å². The van der Waals surface area contributed by atoms with Gasteiger partial charge in [0.15, 0.2) is 5.78 Å². The Morgan fingerprint density at radius 1 is 1.26 bits per heavy atom. The zero-order chi connectivity index (χ0) is 19.2. The number of Topliss-reactive ketones (excluding diaryl/α,β-unsaturated/α-hetero) is 1. The molecule has 3 rings (SSSR count). The summed E-state index contributed by atoms with van der Waals surface area (Å²) in [5.41, 5.74) is 3.60. The molecule has 0 aliphatic rings. The molecule has 0 saturated carbocycles. The van der Waals surface area contributed by atoms with Crippen molar-refractivity contribution in [2.45, 2.75) is 6.92 Å². The number of thiazole rings is 1. The average molecular weight is 375 g/mol. The Bertz CT molecular complexity index is 1030. The van der Waals surface area contributed by atoms with Crippen LogP contribution in [-0.2, 0) is 0 Å². The van der Waals surface area contributed by atoms with Crippen LogP contribution in [0.25, 0.3) is 16.8 Å². The second-order valence-electron chi connectivity index (χ2n) is 5.72. The summed E-state index contributed by atoms with van der Waals surface area (Å²) in [5.74, 6) is 0.774. The summed E-state index contributed by atoms with van der Waals surface area (Å²) < 4.78 is 5.24. The smallest absolute Gasteiger partial charge is 0.159 e. The van der Waals surface area contributed by atoms with Gasteiger partial charge in [-0.1, -0.05) is 12.1 Å². The number of carbonyl (C=O) groups is 1. The highest BCUT2D eigenvalue weighted by atomic mass is 32.1. The molecule has 1 N–H and O–H groups in total. The molecule has 0 fully saturated rings. The Morgan fingerprint density at radius 2 is 2.04 bits per heavy atom. The highest BCUT2D eigenvalue weighted by Crippen LogP contribution is 2.28. The number of ketones is 1. The van der Waals surface area contributed by atoms with Crippen molar-refractivity contribution >= 4 is 28.4 Å². The highest BCUT2D eigenvalue weighted by Gasteiger charge is 2.09. The van der Waals surface area contributed by atoms with Gasteiger partial charge in [-0.15, -0.1) is 11.3 Å². The number of methoxy groups -OCH3 is 1. The number of hydrogen-bond donors (Lipinski definition) is 1. The molecule has 1 aromatic heterocycles. The minimum absolute atomic E-state index is 0.0164. The van der Waals surface area contributed by atoms with Crippen LogP contribution < -0.4 is 10.1 Å². The summed E-state index contributed by atoms with van der Waals surface area (Å²) in [4.78, 5) is 15.9. The summed E-state index contributed by atoms with van der Waals surface area (Å²) in [6.45, 7) is 1.53. The van der Waals surface area contributed by atoms with E-state index < -0.39 is 0 Å². The van der Waals surface area contributed by atoms with Crippen LogP contribution in [0.5, 0.6) is 5.75 Å². The predicted molar refractivity (Wildman–Crippen MR) is 108 cm³/mol. The van der Waals surface area contributed by atoms with Gasteiger partial charge in [0.25, 0.3) is 0 Å². The Kier molecular flexibility index (Phi) is 5.64. The Labute approximate surface area is 161 Å². The fourth-order valence-electron chi connectivity index (χ4n) is 2.41. The molecule has 6 heteroatoms. The molecule has 3 aromatic rings. The summed E-state index contributed by atoms with van der Waals surface area (Å²) in [6, 6.07) is 16.9. The first-order valence-corrected chi connectivity index (χ1v) is 9.07. The molecule has 0 saturated heterocycles. The Hall–Kier alpha value is -3.43. The zero-order valence-electron chi connectivity index (χ0n) is 14.9. The minimum atomic E-state index is 0.0164. The standard InChI is InChI=1S/C21H17N3O2S/c1-14(25)15-6-8-18(9-7-15)23-12-17(11-22)21-24-20(13-27-21)16-4-3-5-19(10-16)26-2/h3-10,12-13,23H,1-2H3. The molecular formula is C21H17N3O2S. The van der Waals surface area contributed by atoms with Gasteiger partial charge in [-0.25, -0.2) is 4.98 Å². The third-order valence-electron chi connectivity index (χ3n) is 3.90. The number of allylic oxidation sites excluding steroid dienone is 1. The average Bonchev–Trinajstić information content (AvgIpc) is 3.19. The Balaban J connectivity index is 1.79. The van der Waals surface area contributed by atoms with E-state index in [1.807, 2.05) is 29.6 Å². The van der Waals surface area contributed by atoms with E-state index in [1.54, 1.807) is 37.6 Å². The van der Waals surface area contributed by atoms with Crippen molar-refractivity contribution in [3.63, 3.8) is 0 Å². The second-order valence-corrected chi connectivity index (χ2v) is 6.58. The van der Waals surface area contributed by atoms with Crippen LogP contribution in [0.3, 0.4) is 0 Å². The first-order chi connectivity index (χ1) is 13.1. The summed E-state index contributed by atoms with van der Waals surface area (Å²) in [7, 11) is 1.62. The maximum absolute atomic E-state index is 11.3. The number of carbonyl (C=O) groups excluding carboxylic acids is 1. The fraction of sp³-hybridized carbons (Fsp3) is 0.0952. The van der Waals surface area contributed by atoms with Crippen LogP contribution in [0, 0.1) is 11.3 Å². The number of ether oxygens (including phenoxy) is 1. The van der Waals surface area contributed by atoms with E-state index in [4.69, 9.17) is 4.74 Å². The molecule has 0 atom stereocenters. The van der Waals surface area contributed by atoms with Crippen molar-refractivity contribution < 1.29 is 9.53 Å². The molecular weight excluding hydrogens is 358 g/mol. The van der Waals surface area contributed by atoms with E-state index in [9.17, 15) is 10.1 Å². The first kappa shape index (κ1) is 18.4. The number of nitrogens with one attached hydrogen (secondary N) is 1. The van der Waals surface area contributed by atoms with E-state index in [0.29, 0.717) is 16.1 Å². The van der Waals surface area contributed by atoms with Gasteiger partial charge in [-0.05, 0) is 43.3 Å². The van der Waals surface area contributed by atoms with Crippen molar-refractivity contribution in [2.75, 3.05) is 12.4 Å². The van der Waals surface area contributed by atoms with Crippen LogP contribution in [0.1, 0.15) is 22.3 Å². The van der Waals surface area contributed by atoms with E-state index >= 15 is 0 Å². The number of hydrogen-bond acceptors (Lipinski definition) is 6. The molecule has 0 unspecified atom stereocenters. The second kappa shape index (κ2) is 8.30. The normalized spacial score (nSPS) is 10.9. The molecule has 1 heterocycles. The SMILES string of the molecule is COc1cccc(-c2csc(C(C#N)=CNc3ccc(C(C)=O)cc3)n2)c1. The monoisotopic (exact) mass is 375 g/mol. The summed E-state index contributed by atoms with van der Waals surface area (Å²) in [5, 5.41) is 15.1. The molecule has 27 heavy (non-hydrogen) atoms. The number of anilines is 1. The molecule has 5 nitrogen and oxygen atoms in total. The third-order valence-corrected chi connectivity index (χ3v) is 4.77. The van der Waals surface area contributed by atoms with Crippen LogP contribution in [0.2, 0.25) is 0 Å². The van der Waals surface area contributed by atoms with E-state index in [-0.39, 0.29) is 5.78 Å². The topological polar surface area (TPSA) is 75.0 Å². The molecule has 134 valence electrons. The van der Waals surface area contributed by atoms with Gasteiger partial charge >= 0.3 is 0 Å². The van der Waals surface area contributed by atoms with Crippen LogP contribution in [-0.4, -0.2) is 17.9 Å². The summed E-state index contributed by atoms with van der Waals surface area (Å²) >= 11 is 1.40. The van der Waals surface area contributed by atoms with E-state index in [0.717, 1.165) is 22.7 Å². The van der Waals surface area contributed by atoms with Crippen molar-refractivity contribution in [3.05, 3.63) is 70.7 Å². The predicted octanol–water partition coefficient (Wildman–Crippen LogP) is 5.00. The van der Waals surface area contributed by atoms with E-state index in [2.05, 4.69) is 16.4 Å². The van der Waals surface area contributed by atoms with Gasteiger partial charge in [-0.2, -0.15) is 5.26 Å². The largest absolute Gasteiger partial charge is 0.497 e. The van der Waals surface area contributed by atoms with Crippen LogP contribution >= 0.6 is 11.3 Å². The van der Waals surface area contributed by atoms with Crippen molar-refractivity contribution in [1.29, 1.82) is 5.26 Å². The third kappa shape index (κ3) is 4.40. The van der Waals surface area contributed by atoms with Gasteiger partial charge < -0.3 is 10.1 Å². The molecule has 0 radical (unpaired) electrons. The maximum atomic E-state index is 11.3. The Morgan fingerprint density at radius 3 is 2.70 bits per heavy atom. The number of nitriles is 1. The van der Waals surface area contributed by atoms with Gasteiger partial charge in [0.2, 0.25) is 0 Å². The molecule has 0 spiro atoms. The molecule has 2 aromatic carbocycles. The van der Waals surface area contributed by atoms with Crippen molar-refractivity contribution in [2.24, 2.45) is 0 Å². The maximum Gasteiger partial charge on any atom is 0.159 e. The molecule has 0 aliphatic heterocycles. The van der Waals surface area contributed by atoms with Gasteiger partial charge in [0.1, 0.15) is 22.4 Å². The first-order valence-electron chi connectivity index (χ1n) is 8.19. The zero-order valence-corrected chi connectivity index (χ0v) is 15.7. The van der Waals surface area contributed by atoms with Crippen molar-refractivity contribution in [3.8, 4) is 23.1 Å². The quantitative estimate of drug-likeness (QED) is 0.485. The van der Waals surface area contributed by atoms with Crippen molar-refractivity contribution in [1.82, 2.24) is 4.98 Å². The lowest BCUT2D eigenvalue weighted by atomic mass is 10.1. The number of nitrogens with zero attached hydrogens (tertiary/aromatic N) is 2. The number of rotatable bonds is 6. The van der Waals surface area contributed by atoms with Gasteiger partial charge in [0.05, 0.1) is 12.8 Å². The number of benzene rings is 2. The van der Waals surface area contributed by atoms with Crippen LogP contribution in [0.4, 0.5) is 5.69 Å². The highest BCUT2D eigenvalue weighted by molar-refractivity contribution is 7.11. The number of aromatic nitrogens is 1. The molecule has 0 amide bonds. The summed E-state index contributed by atoms with van der Waals surface area (Å²) in [6.07, 6.45) is 1.62. The molecule has 0 bridgehead atoms. The molecule has 0 aliphatic carbocycles. The van der Waals surface area contributed by atoms with E-state index in [1.165, 1.54) is 18.3 Å². The fourth-order valence-corrected chi connectivity index (χ4v) is 3.21. The lowest BCUT2D eigenvalue weighted by Crippen LogP contribution is -1.94. The lowest BCUT2D eigenvalue weighted by molar-refractivity contribution is 0.101. The minimum Gasteiger partial charge on any atom is -0.497 e.